The highest BCUT2D eigenvalue weighted by Gasteiger charge is 2.19. The molecule has 3 aromatic rings. The van der Waals surface area contributed by atoms with Crippen molar-refractivity contribution in [3.05, 3.63) is 54.4 Å². The fourth-order valence-corrected chi connectivity index (χ4v) is 2.72. The van der Waals surface area contributed by atoms with Gasteiger partial charge in [-0.05, 0) is 48.5 Å². The van der Waals surface area contributed by atoms with Gasteiger partial charge in [0.1, 0.15) is 30.3 Å². The summed E-state index contributed by atoms with van der Waals surface area (Å²) in [7, 11) is 3.06. The van der Waals surface area contributed by atoms with Gasteiger partial charge in [-0.15, -0.1) is 0 Å². The van der Waals surface area contributed by atoms with Gasteiger partial charge in [-0.25, -0.2) is 9.78 Å². The van der Waals surface area contributed by atoms with Crippen LogP contribution >= 0.6 is 0 Å². The summed E-state index contributed by atoms with van der Waals surface area (Å²) in [6.45, 7) is 0.909. The van der Waals surface area contributed by atoms with Crippen LogP contribution in [0.4, 0.5) is 4.79 Å². The Morgan fingerprint density at radius 3 is 2.31 bits per heavy atom. The number of oxazole rings is 1. The molecule has 2 aromatic carbocycles. The van der Waals surface area contributed by atoms with Crippen LogP contribution in [-0.2, 0) is 6.54 Å². The first-order valence-electron chi connectivity index (χ1n) is 9.03. The quantitative estimate of drug-likeness (QED) is 0.599. The van der Waals surface area contributed by atoms with Crippen molar-refractivity contribution in [2.45, 2.75) is 6.54 Å². The number of carbonyl (C=O) groups is 1. The first-order valence-corrected chi connectivity index (χ1v) is 9.03. The molecule has 0 saturated carbocycles. The van der Waals surface area contributed by atoms with E-state index in [9.17, 15) is 4.79 Å². The lowest BCUT2D eigenvalue weighted by Crippen LogP contribution is -2.23. The monoisotopic (exact) mass is 397 g/mol. The maximum Gasteiger partial charge on any atom is 0.407 e. The van der Waals surface area contributed by atoms with Crippen LogP contribution in [0.25, 0.3) is 22.6 Å². The second-order valence-electron chi connectivity index (χ2n) is 6.31. The predicted octanol–water partition coefficient (Wildman–Crippen LogP) is 3.46. The normalized spacial score (nSPS) is 10.6. The van der Waals surface area contributed by atoms with Crippen LogP contribution < -0.4 is 15.2 Å². The molecule has 0 fully saturated rings. The number of amides is 1. The molecule has 0 radical (unpaired) electrons. The molecule has 1 heterocycles. The maximum absolute atomic E-state index is 11.1. The number of hydrogen-bond acceptors (Lipinski definition) is 6. The number of hydrogen-bond donors (Lipinski definition) is 2. The Bertz CT molecular complexity index is 951. The number of rotatable bonds is 8. The highest BCUT2D eigenvalue weighted by atomic mass is 16.5. The zero-order valence-corrected chi connectivity index (χ0v) is 16.3. The Hall–Kier alpha value is -3.52. The van der Waals surface area contributed by atoms with Crippen molar-refractivity contribution in [2.75, 3.05) is 27.3 Å². The van der Waals surface area contributed by atoms with Gasteiger partial charge in [0.25, 0.3) is 0 Å². The Labute approximate surface area is 168 Å². The molecule has 152 valence electrons. The Morgan fingerprint density at radius 1 is 1.10 bits per heavy atom. The zero-order valence-electron chi connectivity index (χ0n) is 16.3. The molecule has 3 rings (SSSR count). The van der Waals surface area contributed by atoms with E-state index in [2.05, 4.69) is 4.98 Å². The number of methoxy groups -OCH3 is 1. The van der Waals surface area contributed by atoms with Crippen LogP contribution in [0.5, 0.6) is 11.5 Å². The van der Waals surface area contributed by atoms with Crippen molar-refractivity contribution in [2.24, 2.45) is 5.73 Å². The van der Waals surface area contributed by atoms with Crippen LogP contribution in [0.15, 0.2) is 52.9 Å². The molecule has 0 unspecified atom stereocenters. The maximum atomic E-state index is 11.1. The predicted molar refractivity (Wildman–Crippen MR) is 108 cm³/mol. The number of carboxylic acid groups (broad SMARTS) is 1. The first kappa shape index (κ1) is 20.2. The largest absolute Gasteiger partial charge is 0.497 e. The van der Waals surface area contributed by atoms with E-state index in [-0.39, 0.29) is 6.54 Å². The molecular formula is C21H23N3O5. The fourth-order valence-electron chi connectivity index (χ4n) is 2.72. The molecule has 1 amide bonds. The summed E-state index contributed by atoms with van der Waals surface area (Å²) in [6.07, 6.45) is -1.06. The van der Waals surface area contributed by atoms with Crippen molar-refractivity contribution < 1.29 is 23.8 Å². The van der Waals surface area contributed by atoms with Gasteiger partial charge in [-0.3, -0.25) is 0 Å². The number of nitrogens with two attached hydrogens (primary N) is 1. The Kier molecular flexibility index (Phi) is 6.36. The van der Waals surface area contributed by atoms with Crippen molar-refractivity contribution in [1.29, 1.82) is 0 Å². The van der Waals surface area contributed by atoms with Gasteiger partial charge in [0.2, 0.25) is 5.89 Å². The molecule has 3 N–H and O–H groups in total. The van der Waals surface area contributed by atoms with Gasteiger partial charge in [-0.2, -0.15) is 0 Å². The minimum atomic E-state index is -1.06. The summed E-state index contributed by atoms with van der Waals surface area (Å²) in [4.78, 5) is 16.8. The molecule has 8 nitrogen and oxygen atoms in total. The lowest BCUT2D eigenvalue weighted by Gasteiger charge is -2.09. The van der Waals surface area contributed by atoms with E-state index in [0.29, 0.717) is 36.2 Å². The second-order valence-corrected chi connectivity index (χ2v) is 6.31. The van der Waals surface area contributed by atoms with Crippen molar-refractivity contribution in [3.63, 3.8) is 0 Å². The summed E-state index contributed by atoms with van der Waals surface area (Å²) < 4.78 is 16.7. The first-order chi connectivity index (χ1) is 14.0. The van der Waals surface area contributed by atoms with Gasteiger partial charge in [-0.1, -0.05) is 0 Å². The van der Waals surface area contributed by atoms with Crippen molar-refractivity contribution >= 4 is 6.09 Å². The SMILES string of the molecule is COc1ccc(-c2nc(CN(C)C(=O)O)oc2-c2ccc(OCCN)cc2)cc1. The van der Waals surface area contributed by atoms with Crippen molar-refractivity contribution in [1.82, 2.24) is 9.88 Å². The van der Waals surface area contributed by atoms with Crippen LogP contribution in [0.1, 0.15) is 5.89 Å². The summed E-state index contributed by atoms with van der Waals surface area (Å²) >= 11 is 0. The minimum absolute atomic E-state index is 0.0379. The molecular weight excluding hydrogens is 374 g/mol. The third-order valence-corrected chi connectivity index (χ3v) is 4.24. The number of benzene rings is 2. The third kappa shape index (κ3) is 4.85. The smallest absolute Gasteiger partial charge is 0.407 e. The van der Waals surface area contributed by atoms with Gasteiger partial charge < -0.3 is 29.6 Å². The summed E-state index contributed by atoms with van der Waals surface area (Å²) in [5, 5.41) is 9.13. The molecule has 8 heteroatoms. The lowest BCUT2D eigenvalue weighted by molar-refractivity contribution is 0.150. The van der Waals surface area contributed by atoms with E-state index in [1.54, 1.807) is 7.11 Å². The van der Waals surface area contributed by atoms with Crippen molar-refractivity contribution in [3.8, 4) is 34.1 Å². The summed E-state index contributed by atoms with van der Waals surface area (Å²) in [5.41, 5.74) is 7.71. The Morgan fingerprint density at radius 2 is 1.72 bits per heavy atom. The van der Waals surface area contributed by atoms with E-state index in [1.165, 1.54) is 7.05 Å². The van der Waals surface area contributed by atoms with E-state index in [0.717, 1.165) is 21.8 Å². The average molecular weight is 397 g/mol. The van der Waals surface area contributed by atoms with E-state index in [1.807, 2.05) is 48.5 Å². The van der Waals surface area contributed by atoms with Gasteiger partial charge in [0.15, 0.2) is 5.76 Å². The highest BCUT2D eigenvalue weighted by Crippen LogP contribution is 2.34. The fraction of sp³-hybridized carbons (Fsp3) is 0.238. The lowest BCUT2D eigenvalue weighted by atomic mass is 10.1. The van der Waals surface area contributed by atoms with E-state index < -0.39 is 6.09 Å². The molecule has 1 aromatic heterocycles. The minimum Gasteiger partial charge on any atom is -0.497 e. The molecule has 0 aliphatic rings. The summed E-state index contributed by atoms with van der Waals surface area (Å²) in [6, 6.07) is 14.8. The highest BCUT2D eigenvalue weighted by molar-refractivity contribution is 5.77. The molecule has 0 spiro atoms. The molecule has 0 aliphatic heterocycles. The van der Waals surface area contributed by atoms with E-state index >= 15 is 0 Å². The van der Waals surface area contributed by atoms with Crippen LogP contribution in [-0.4, -0.2) is 48.4 Å². The molecule has 0 saturated heterocycles. The second kappa shape index (κ2) is 9.11. The van der Waals surface area contributed by atoms with Gasteiger partial charge >= 0.3 is 6.09 Å². The topological polar surface area (TPSA) is 111 Å². The molecule has 0 bridgehead atoms. The molecule has 0 atom stereocenters. The molecule has 0 aliphatic carbocycles. The number of nitrogens with zero attached hydrogens (tertiary/aromatic N) is 2. The average Bonchev–Trinajstić information content (AvgIpc) is 3.16. The standard InChI is InChI=1S/C21H23N3O5/c1-24(21(25)26)13-18-23-19(14-3-7-16(27-2)8-4-14)20(29-18)15-5-9-17(10-6-15)28-12-11-22/h3-10H,11-13,22H2,1-2H3,(H,25,26). The third-order valence-electron chi connectivity index (χ3n) is 4.24. The van der Waals surface area contributed by atoms with Crippen LogP contribution in [0.2, 0.25) is 0 Å². The zero-order chi connectivity index (χ0) is 20.8. The van der Waals surface area contributed by atoms with Gasteiger partial charge in [0.05, 0.1) is 7.11 Å². The number of aromatic nitrogens is 1. The van der Waals surface area contributed by atoms with Crippen LogP contribution in [0, 0.1) is 0 Å². The summed E-state index contributed by atoms with van der Waals surface area (Å²) in [5.74, 6) is 2.29. The van der Waals surface area contributed by atoms with Gasteiger partial charge in [0, 0.05) is 24.7 Å². The Balaban J connectivity index is 1.98. The number of ether oxygens (including phenoxy) is 2. The van der Waals surface area contributed by atoms with Crippen LogP contribution in [0.3, 0.4) is 0 Å². The molecule has 29 heavy (non-hydrogen) atoms. The van der Waals surface area contributed by atoms with E-state index in [4.69, 9.17) is 24.7 Å².